The first kappa shape index (κ1) is 28.2. The van der Waals surface area contributed by atoms with Gasteiger partial charge in [0, 0.05) is 37.2 Å². The molecule has 0 radical (unpaired) electrons. The largest absolute Gasteiger partial charge is 0.379 e. The topological polar surface area (TPSA) is 97.9 Å². The van der Waals surface area contributed by atoms with Crippen LogP contribution in [0, 0.1) is 5.41 Å². The van der Waals surface area contributed by atoms with Gasteiger partial charge in [0.05, 0.1) is 38.5 Å². The summed E-state index contributed by atoms with van der Waals surface area (Å²) in [6.45, 7) is 11.1. The molecule has 0 aliphatic carbocycles. The van der Waals surface area contributed by atoms with Gasteiger partial charge in [-0.25, -0.2) is 4.79 Å². The third-order valence-electron chi connectivity index (χ3n) is 5.83. The van der Waals surface area contributed by atoms with Crippen LogP contribution in [0.1, 0.15) is 65.7 Å². The van der Waals surface area contributed by atoms with Crippen molar-refractivity contribution in [2.24, 2.45) is 5.41 Å². The van der Waals surface area contributed by atoms with Gasteiger partial charge in [-0.15, -0.1) is 0 Å². The van der Waals surface area contributed by atoms with E-state index < -0.39 is 0 Å². The number of nitrogens with one attached hydrogen (secondary N) is 3. The Morgan fingerprint density at radius 3 is 2.33 bits per heavy atom. The predicted octanol–water partition coefficient (Wildman–Crippen LogP) is 3.09. The van der Waals surface area contributed by atoms with Crippen molar-refractivity contribution in [3.05, 3.63) is 0 Å². The Bertz CT molecular complexity index is 573. The van der Waals surface area contributed by atoms with Crippen LogP contribution in [0.4, 0.5) is 4.79 Å². The number of unbranched alkanes of at least 4 members (excludes halogenated alkanes) is 1. The zero-order valence-electron chi connectivity index (χ0n) is 20.8. The predicted molar refractivity (Wildman–Crippen MR) is 133 cm³/mol. The van der Waals surface area contributed by atoms with E-state index in [0.29, 0.717) is 56.7 Å². The average molecular weight is 488 g/mol. The summed E-state index contributed by atoms with van der Waals surface area (Å²) in [7, 11) is 0. The summed E-state index contributed by atoms with van der Waals surface area (Å²) in [5.41, 5.74) is 0.369. The van der Waals surface area contributed by atoms with Crippen molar-refractivity contribution >= 4 is 23.7 Å². The van der Waals surface area contributed by atoms with Gasteiger partial charge in [0.25, 0.3) is 0 Å². The molecule has 0 aromatic rings. The quantitative estimate of drug-likeness (QED) is 0.203. The molecule has 2 rings (SSSR count). The molecule has 2 aliphatic rings. The number of hydrogen-bond donors (Lipinski definition) is 3. The Balaban J connectivity index is 1.29. The number of carbonyl (C=O) groups excluding carboxylic acids is 2. The highest BCUT2D eigenvalue weighted by Gasteiger charge is 2.42. The molecule has 8 nitrogen and oxygen atoms in total. The molecule has 2 fully saturated rings. The van der Waals surface area contributed by atoms with Gasteiger partial charge >= 0.3 is 6.03 Å². The number of rotatable bonds is 18. The second-order valence-electron chi connectivity index (χ2n) is 10.1. The number of hydrogen-bond acceptors (Lipinski definition) is 6. The van der Waals surface area contributed by atoms with Crippen LogP contribution in [0.5, 0.6) is 0 Å². The van der Waals surface area contributed by atoms with E-state index >= 15 is 0 Å². The monoisotopic (exact) mass is 487 g/mol. The standard InChI is InChI=1S/C24H45N3O5S/c1-24(2,3)10-6-12-30-14-16-32-17-15-31-13-7-11-25-21(28)9-5-4-8-20-22-19(18-33-20)26-23(29)27-22/h19-20,22H,4-18H2,1-3H3,(H,25,28)(H2,26,27,29)/t19-,20-,22-/m0/s1. The molecule has 0 aromatic heterocycles. The van der Waals surface area contributed by atoms with Crippen molar-refractivity contribution < 1.29 is 23.8 Å². The maximum Gasteiger partial charge on any atom is 0.315 e. The van der Waals surface area contributed by atoms with Gasteiger partial charge in [-0.1, -0.05) is 27.2 Å². The average Bonchev–Trinajstić information content (AvgIpc) is 3.30. The molecule has 9 heteroatoms. The first-order chi connectivity index (χ1) is 15.8. The van der Waals surface area contributed by atoms with Gasteiger partial charge in [0.2, 0.25) is 5.91 Å². The Hall–Kier alpha value is -1.03. The maximum atomic E-state index is 12.0. The maximum absolute atomic E-state index is 12.0. The Kier molecular flexibility index (Phi) is 13.5. The van der Waals surface area contributed by atoms with Crippen molar-refractivity contribution in [2.75, 3.05) is 51.9 Å². The van der Waals surface area contributed by atoms with Gasteiger partial charge in [-0.05, 0) is 37.5 Å². The van der Waals surface area contributed by atoms with E-state index in [1.807, 2.05) is 11.8 Å². The highest BCUT2D eigenvalue weighted by molar-refractivity contribution is 8.00. The number of fused-ring (bicyclic) bond motifs is 1. The van der Waals surface area contributed by atoms with Crippen molar-refractivity contribution in [3.63, 3.8) is 0 Å². The second kappa shape index (κ2) is 15.8. The Labute approximate surface area is 204 Å². The minimum absolute atomic E-state index is 0.0433. The molecule has 2 aliphatic heterocycles. The fourth-order valence-corrected chi connectivity index (χ4v) is 5.55. The van der Waals surface area contributed by atoms with Crippen molar-refractivity contribution in [1.82, 2.24) is 16.0 Å². The van der Waals surface area contributed by atoms with Gasteiger partial charge in [-0.3, -0.25) is 4.79 Å². The third-order valence-corrected chi connectivity index (χ3v) is 7.34. The molecule has 0 aromatic carbocycles. The van der Waals surface area contributed by atoms with E-state index in [1.165, 1.54) is 6.42 Å². The number of urea groups is 1. The summed E-state index contributed by atoms with van der Waals surface area (Å²) in [5.74, 6) is 1.09. The first-order valence-corrected chi connectivity index (χ1v) is 13.6. The summed E-state index contributed by atoms with van der Waals surface area (Å²) < 4.78 is 16.6. The smallest absolute Gasteiger partial charge is 0.315 e. The number of amides is 3. The highest BCUT2D eigenvalue weighted by Crippen LogP contribution is 2.33. The fraction of sp³-hybridized carbons (Fsp3) is 0.917. The van der Waals surface area contributed by atoms with E-state index in [-0.39, 0.29) is 24.0 Å². The molecule has 3 amide bonds. The summed E-state index contributed by atoms with van der Waals surface area (Å²) >= 11 is 1.92. The molecular weight excluding hydrogens is 442 g/mol. The molecule has 192 valence electrons. The SMILES string of the molecule is CC(C)(C)CCCOCCOCCOCCCNC(=O)CCCC[C@@H]1SC[C@@H]2NC(=O)N[C@@H]21. The van der Waals surface area contributed by atoms with Crippen molar-refractivity contribution in [3.8, 4) is 0 Å². The summed E-state index contributed by atoms with van der Waals surface area (Å²) in [4.78, 5) is 23.4. The van der Waals surface area contributed by atoms with E-state index in [2.05, 4.69) is 36.7 Å². The molecule has 33 heavy (non-hydrogen) atoms. The second-order valence-corrected chi connectivity index (χ2v) is 11.3. The van der Waals surface area contributed by atoms with Crippen LogP contribution in [-0.2, 0) is 19.0 Å². The normalized spacial score (nSPS) is 22.2. The van der Waals surface area contributed by atoms with Crippen LogP contribution in [0.3, 0.4) is 0 Å². The van der Waals surface area contributed by atoms with Crippen LogP contribution in [0.25, 0.3) is 0 Å². The molecule has 0 bridgehead atoms. The van der Waals surface area contributed by atoms with E-state index in [1.54, 1.807) is 0 Å². The lowest BCUT2D eigenvalue weighted by atomic mass is 9.91. The fourth-order valence-electron chi connectivity index (χ4n) is 4.01. The van der Waals surface area contributed by atoms with Crippen molar-refractivity contribution in [1.29, 1.82) is 0 Å². The number of thioether (sulfide) groups is 1. The summed E-state index contributed by atoms with van der Waals surface area (Å²) in [5, 5.41) is 9.39. The third kappa shape index (κ3) is 12.9. The molecule has 3 atom stereocenters. The number of ether oxygens (including phenoxy) is 3. The summed E-state index contributed by atoms with van der Waals surface area (Å²) in [6.07, 6.45) is 6.55. The van der Waals surface area contributed by atoms with Crippen LogP contribution >= 0.6 is 11.8 Å². The van der Waals surface area contributed by atoms with Gasteiger partial charge < -0.3 is 30.2 Å². The molecule has 0 spiro atoms. The highest BCUT2D eigenvalue weighted by atomic mass is 32.2. The van der Waals surface area contributed by atoms with E-state index in [0.717, 1.165) is 44.5 Å². The molecule has 0 saturated carbocycles. The van der Waals surface area contributed by atoms with Crippen LogP contribution in [0.15, 0.2) is 0 Å². The van der Waals surface area contributed by atoms with E-state index in [4.69, 9.17) is 14.2 Å². The molecule has 2 heterocycles. The summed E-state index contributed by atoms with van der Waals surface area (Å²) in [6, 6.07) is 0.476. The van der Waals surface area contributed by atoms with Gasteiger partial charge in [0.1, 0.15) is 0 Å². The molecule has 0 unspecified atom stereocenters. The molecule has 2 saturated heterocycles. The lowest BCUT2D eigenvalue weighted by Crippen LogP contribution is -2.36. The van der Waals surface area contributed by atoms with Crippen LogP contribution < -0.4 is 16.0 Å². The lowest BCUT2D eigenvalue weighted by molar-refractivity contribution is -0.121. The minimum Gasteiger partial charge on any atom is -0.379 e. The van der Waals surface area contributed by atoms with Gasteiger partial charge in [0.15, 0.2) is 0 Å². The van der Waals surface area contributed by atoms with Gasteiger partial charge in [-0.2, -0.15) is 11.8 Å². The van der Waals surface area contributed by atoms with E-state index in [9.17, 15) is 9.59 Å². The van der Waals surface area contributed by atoms with Crippen LogP contribution in [0.2, 0.25) is 0 Å². The van der Waals surface area contributed by atoms with Crippen molar-refractivity contribution in [2.45, 2.75) is 83.1 Å². The van der Waals surface area contributed by atoms with Crippen LogP contribution in [-0.4, -0.2) is 81.2 Å². The Morgan fingerprint density at radius 1 is 0.970 bits per heavy atom. The Morgan fingerprint density at radius 2 is 1.64 bits per heavy atom. The minimum atomic E-state index is -0.0433. The first-order valence-electron chi connectivity index (χ1n) is 12.5. The molecular formula is C24H45N3O5S. The number of carbonyl (C=O) groups is 2. The zero-order chi connectivity index (χ0) is 23.9. The zero-order valence-corrected chi connectivity index (χ0v) is 21.6. The lowest BCUT2D eigenvalue weighted by Gasteiger charge is -2.17. The molecule has 3 N–H and O–H groups in total.